The molecule has 36 heavy (non-hydrogen) atoms. The zero-order chi connectivity index (χ0) is 24.3. The van der Waals surface area contributed by atoms with E-state index in [1.807, 2.05) is 11.1 Å². The molecule has 2 N–H and O–H groups in total. The number of ether oxygens (including phenoxy) is 1. The van der Waals surface area contributed by atoms with Gasteiger partial charge in [0.25, 0.3) is 5.91 Å². The van der Waals surface area contributed by atoms with Gasteiger partial charge >= 0.3 is 0 Å². The van der Waals surface area contributed by atoms with Crippen molar-refractivity contribution < 1.29 is 9.53 Å². The van der Waals surface area contributed by atoms with Gasteiger partial charge in [-0.1, -0.05) is 42.5 Å². The van der Waals surface area contributed by atoms with Gasteiger partial charge in [0.15, 0.2) is 0 Å². The van der Waals surface area contributed by atoms with E-state index in [-0.39, 0.29) is 11.9 Å². The molecule has 2 aliphatic rings. The smallest absolute Gasteiger partial charge is 0.256 e. The molecule has 4 heterocycles. The molecule has 2 saturated heterocycles. The molecule has 1 atom stereocenters. The number of nitrogens with one attached hydrogen (secondary N) is 2. The molecule has 2 fully saturated rings. The lowest BCUT2D eigenvalue weighted by Gasteiger charge is -2.28. The number of aromatic nitrogens is 3. The fourth-order valence-electron chi connectivity index (χ4n) is 5.73. The Bertz CT molecular complexity index is 1310. The Hall–Kier alpha value is -3.42. The summed E-state index contributed by atoms with van der Waals surface area (Å²) < 4.78 is 7.77. The van der Waals surface area contributed by atoms with Gasteiger partial charge in [0.1, 0.15) is 0 Å². The van der Waals surface area contributed by atoms with Crippen LogP contribution >= 0.6 is 0 Å². The highest BCUT2D eigenvalue weighted by Gasteiger charge is 2.28. The van der Waals surface area contributed by atoms with E-state index in [1.54, 1.807) is 6.33 Å². The van der Waals surface area contributed by atoms with Crippen molar-refractivity contribution in [2.75, 3.05) is 39.4 Å². The van der Waals surface area contributed by atoms with Crippen molar-refractivity contribution in [3.8, 4) is 11.1 Å². The number of benzene rings is 2. The largest absolute Gasteiger partial charge is 0.378 e. The number of piperidine rings is 1. The number of H-pyrrole nitrogens is 1. The van der Waals surface area contributed by atoms with Crippen molar-refractivity contribution in [3.63, 3.8) is 0 Å². The molecule has 2 aliphatic heterocycles. The number of amides is 1. The van der Waals surface area contributed by atoms with Crippen molar-refractivity contribution in [1.82, 2.24) is 24.8 Å². The van der Waals surface area contributed by atoms with Crippen LogP contribution in [0.2, 0.25) is 0 Å². The molecule has 0 saturated carbocycles. The number of hydrogen-bond donors (Lipinski definition) is 2. The number of morpholine rings is 1. The third-order valence-electron chi connectivity index (χ3n) is 7.71. The SMILES string of the molecule is O=C(c1cn(C(CC2CCNCC2)c2cnc[nH]2)cc1-c1cccc2ccccc12)N1CCOCC1. The average molecular weight is 484 g/mol. The van der Waals surface area contributed by atoms with E-state index in [4.69, 9.17) is 4.74 Å². The highest BCUT2D eigenvalue weighted by molar-refractivity contribution is 6.06. The number of fused-ring (bicyclic) bond motifs is 1. The van der Waals surface area contributed by atoms with Crippen LogP contribution in [0.4, 0.5) is 0 Å². The first-order valence-electron chi connectivity index (χ1n) is 13.0. The number of rotatable bonds is 6. The Morgan fingerprint density at radius 3 is 2.64 bits per heavy atom. The first-order chi connectivity index (χ1) is 17.8. The summed E-state index contributed by atoms with van der Waals surface area (Å²) in [5.74, 6) is 0.701. The molecule has 0 radical (unpaired) electrons. The highest BCUT2D eigenvalue weighted by atomic mass is 16.5. The zero-order valence-corrected chi connectivity index (χ0v) is 20.5. The molecular weight excluding hydrogens is 450 g/mol. The number of nitrogens with zero attached hydrogens (tertiary/aromatic N) is 3. The number of carbonyl (C=O) groups is 1. The molecule has 7 heteroatoms. The monoisotopic (exact) mass is 483 g/mol. The van der Waals surface area contributed by atoms with Gasteiger partial charge in [-0.05, 0) is 54.6 Å². The third-order valence-corrected chi connectivity index (χ3v) is 7.71. The van der Waals surface area contributed by atoms with Crippen molar-refractivity contribution >= 4 is 16.7 Å². The maximum atomic E-state index is 13.9. The Labute approximate surface area is 211 Å². The van der Waals surface area contributed by atoms with E-state index >= 15 is 0 Å². The molecule has 4 aromatic rings. The summed E-state index contributed by atoms with van der Waals surface area (Å²) in [7, 11) is 0. The van der Waals surface area contributed by atoms with Crippen molar-refractivity contribution in [3.05, 3.63) is 78.6 Å². The van der Waals surface area contributed by atoms with Crippen molar-refractivity contribution in [1.29, 1.82) is 0 Å². The minimum Gasteiger partial charge on any atom is -0.378 e. The second kappa shape index (κ2) is 10.3. The predicted molar refractivity (Wildman–Crippen MR) is 141 cm³/mol. The molecular formula is C29H33N5O2. The van der Waals surface area contributed by atoms with Crippen molar-refractivity contribution in [2.45, 2.75) is 25.3 Å². The summed E-state index contributed by atoms with van der Waals surface area (Å²) in [5.41, 5.74) is 3.91. The van der Waals surface area contributed by atoms with Crippen LogP contribution in [-0.2, 0) is 4.74 Å². The van der Waals surface area contributed by atoms with Crippen LogP contribution in [0.5, 0.6) is 0 Å². The summed E-state index contributed by atoms with van der Waals surface area (Å²) >= 11 is 0. The second-order valence-electron chi connectivity index (χ2n) is 9.92. The lowest BCUT2D eigenvalue weighted by molar-refractivity contribution is 0.0303. The van der Waals surface area contributed by atoms with E-state index in [1.165, 1.54) is 18.2 Å². The fourth-order valence-corrected chi connectivity index (χ4v) is 5.73. The zero-order valence-electron chi connectivity index (χ0n) is 20.5. The Balaban J connectivity index is 1.46. The van der Waals surface area contributed by atoms with E-state index < -0.39 is 0 Å². The number of imidazole rings is 1. The van der Waals surface area contributed by atoms with Crippen LogP contribution < -0.4 is 5.32 Å². The third kappa shape index (κ3) is 4.56. The predicted octanol–water partition coefficient (Wildman–Crippen LogP) is 4.48. The number of carbonyl (C=O) groups excluding carboxylic acids is 1. The van der Waals surface area contributed by atoms with Crippen LogP contribution in [0.15, 0.2) is 67.4 Å². The Morgan fingerprint density at radius 2 is 1.83 bits per heavy atom. The maximum absolute atomic E-state index is 13.9. The average Bonchev–Trinajstić information content (AvgIpc) is 3.63. The number of hydrogen-bond acceptors (Lipinski definition) is 4. The molecule has 6 rings (SSSR count). The van der Waals surface area contributed by atoms with Gasteiger partial charge in [0.05, 0.1) is 43.0 Å². The van der Waals surface area contributed by atoms with Gasteiger partial charge in [0, 0.05) is 31.0 Å². The van der Waals surface area contributed by atoms with Gasteiger partial charge in [-0.2, -0.15) is 0 Å². The first-order valence-corrected chi connectivity index (χ1v) is 13.0. The molecule has 7 nitrogen and oxygen atoms in total. The molecule has 0 spiro atoms. The summed E-state index contributed by atoms with van der Waals surface area (Å²) in [6, 6.07) is 14.8. The molecule has 0 aliphatic carbocycles. The van der Waals surface area contributed by atoms with E-state index in [0.717, 1.165) is 47.3 Å². The topological polar surface area (TPSA) is 75.2 Å². The highest BCUT2D eigenvalue weighted by Crippen LogP contribution is 2.36. The van der Waals surface area contributed by atoms with E-state index in [9.17, 15) is 4.79 Å². The molecule has 186 valence electrons. The lowest BCUT2D eigenvalue weighted by Crippen LogP contribution is -2.40. The first kappa shape index (κ1) is 23.0. The van der Waals surface area contributed by atoms with E-state index in [0.29, 0.717) is 32.2 Å². The minimum atomic E-state index is 0.0743. The Kier molecular flexibility index (Phi) is 6.57. The van der Waals surface area contributed by atoms with Crippen LogP contribution in [0.25, 0.3) is 21.9 Å². The standard InChI is InChI=1S/C29H33N5O2/c35-29(33-12-14-36-15-13-33)26-19-34(18-25(26)24-7-3-5-22-4-1-2-6-23(22)24)28(27-17-31-20-32-27)16-21-8-10-30-11-9-21/h1-7,17-21,28,30H,8-16H2,(H,31,32). The minimum absolute atomic E-state index is 0.0743. The van der Waals surface area contributed by atoms with Crippen LogP contribution in [0.3, 0.4) is 0 Å². The van der Waals surface area contributed by atoms with E-state index in [2.05, 4.69) is 74.7 Å². The molecule has 1 unspecified atom stereocenters. The van der Waals surface area contributed by atoms with Gasteiger partial charge in [-0.3, -0.25) is 4.79 Å². The quantitative estimate of drug-likeness (QED) is 0.424. The maximum Gasteiger partial charge on any atom is 0.256 e. The van der Waals surface area contributed by atoms with Crippen molar-refractivity contribution in [2.24, 2.45) is 5.92 Å². The summed E-state index contributed by atoms with van der Waals surface area (Å²) in [4.78, 5) is 23.5. The lowest BCUT2D eigenvalue weighted by atomic mass is 9.90. The van der Waals surface area contributed by atoms with Gasteiger partial charge in [-0.15, -0.1) is 0 Å². The Morgan fingerprint density at radius 1 is 1.03 bits per heavy atom. The van der Waals surface area contributed by atoms with Crippen LogP contribution in [-0.4, -0.2) is 64.7 Å². The van der Waals surface area contributed by atoms with Crippen LogP contribution in [0, 0.1) is 5.92 Å². The molecule has 2 aromatic carbocycles. The second-order valence-corrected chi connectivity index (χ2v) is 9.92. The van der Waals surface area contributed by atoms with Gasteiger partial charge in [-0.25, -0.2) is 4.98 Å². The van der Waals surface area contributed by atoms with Gasteiger partial charge < -0.3 is 24.5 Å². The summed E-state index contributed by atoms with van der Waals surface area (Å²) in [5, 5.41) is 5.81. The molecule has 1 amide bonds. The number of aromatic amines is 1. The van der Waals surface area contributed by atoms with Gasteiger partial charge in [0.2, 0.25) is 0 Å². The van der Waals surface area contributed by atoms with Crippen LogP contribution in [0.1, 0.15) is 41.4 Å². The summed E-state index contributed by atoms with van der Waals surface area (Å²) in [6.07, 6.45) is 11.3. The normalized spacial score (nSPS) is 17.9. The molecule has 0 bridgehead atoms. The molecule has 2 aromatic heterocycles. The fraction of sp³-hybridized carbons (Fsp3) is 0.379. The summed E-state index contributed by atoms with van der Waals surface area (Å²) in [6.45, 7) is 4.54.